The molecule has 2 N–H and O–H groups in total. The molecule has 0 aromatic rings. The lowest BCUT2D eigenvalue weighted by molar-refractivity contribution is -0.144. The number of ether oxygens (including phenoxy) is 1. The lowest BCUT2D eigenvalue weighted by Gasteiger charge is -2.34. The first kappa shape index (κ1) is 13.9. The number of rotatable bonds is 5. The first-order chi connectivity index (χ1) is 8.20. The van der Waals surface area contributed by atoms with Crippen LogP contribution in [0.4, 0.5) is 0 Å². The molecule has 1 aliphatic heterocycles. The molecule has 6 heteroatoms. The van der Waals surface area contributed by atoms with Crippen LogP contribution in [0.25, 0.3) is 0 Å². The maximum Gasteiger partial charge on any atom is 0.249 e. The fourth-order valence-electron chi connectivity index (χ4n) is 1.79. The maximum absolute atomic E-state index is 11.9. The van der Waals surface area contributed by atoms with Crippen molar-refractivity contribution in [2.75, 3.05) is 39.9 Å². The molecular formula is C11H21N3O3. The number of hydrogen-bond acceptors (Lipinski definition) is 4. The normalized spacial score (nSPS) is 20.1. The summed E-state index contributed by atoms with van der Waals surface area (Å²) in [5.74, 6) is -0.255. The van der Waals surface area contributed by atoms with Crippen LogP contribution in [-0.2, 0) is 14.3 Å². The van der Waals surface area contributed by atoms with Crippen LogP contribution in [0.1, 0.15) is 13.3 Å². The van der Waals surface area contributed by atoms with Gasteiger partial charge in [-0.15, -0.1) is 0 Å². The molecule has 1 heterocycles. The number of piperazine rings is 1. The van der Waals surface area contributed by atoms with Crippen molar-refractivity contribution in [3.05, 3.63) is 0 Å². The Kier molecular flexibility index (Phi) is 5.93. The minimum Gasteiger partial charge on any atom is -0.372 e. The van der Waals surface area contributed by atoms with E-state index in [1.54, 1.807) is 11.9 Å². The molecule has 98 valence electrons. The van der Waals surface area contributed by atoms with E-state index >= 15 is 0 Å². The van der Waals surface area contributed by atoms with Gasteiger partial charge in [0.1, 0.15) is 12.6 Å². The largest absolute Gasteiger partial charge is 0.372 e. The van der Waals surface area contributed by atoms with Gasteiger partial charge in [-0.25, -0.2) is 0 Å². The van der Waals surface area contributed by atoms with Gasteiger partial charge in [0.15, 0.2) is 0 Å². The number of amides is 2. The van der Waals surface area contributed by atoms with E-state index in [4.69, 9.17) is 4.74 Å². The van der Waals surface area contributed by atoms with Gasteiger partial charge in [-0.3, -0.25) is 9.59 Å². The van der Waals surface area contributed by atoms with Gasteiger partial charge in [0.05, 0.1) is 0 Å². The van der Waals surface area contributed by atoms with Gasteiger partial charge in [-0.2, -0.15) is 0 Å². The number of hydrogen-bond donors (Lipinski definition) is 2. The third-order valence-electron chi connectivity index (χ3n) is 2.69. The van der Waals surface area contributed by atoms with E-state index in [1.165, 1.54) is 0 Å². The molecule has 0 radical (unpaired) electrons. The number of carbonyl (C=O) groups is 2. The van der Waals surface area contributed by atoms with Crippen LogP contribution < -0.4 is 10.6 Å². The van der Waals surface area contributed by atoms with Gasteiger partial charge in [-0.05, 0) is 6.42 Å². The third-order valence-corrected chi connectivity index (χ3v) is 2.69. The van der Waals surface area contributed by atoms with Crippen LogP contribution in [-0.4, -0.2) is 62.7 Å². The Morgan fingerprint density at radius 2 is 2.29 bits per heavy atom. The second-order valence-electron chi connectivity index (χ2n) is 3.97. The van der Waals surface area contributed by atoms with Crippen molar-refractivity contribution < 1.29 is 14.3 Å². The molecule has 0 saturated carbocycles. The molecular weight excluding hydrogens is 222 g/mol. The zero-order valence-electron chi connectivity index (χ0n) is 10.5. The number of nitrogens with one attached hydrogen (secondary N) is 2. The van der Waals surface area contributed by atoms with E-state index in [2.05, 4.69) is 10.6 Å². The topological polar surface area (TPSA) is 70.7 Å². The van der Waals surface area contributed by atoms with Crippen LogP contribution in [0.2, 0.25) is 0 Å². The van der Waals surface area contributed by atoms with Gasteiger partial charge >= 0.3 is 0 Å². The number of nitrogens with zero attached hydrogens (tertiary/aromatic N) is 1. The van der Waals surface area contributed by atoms with E-state index in [0.29, 0.717) is 26.2 Å². The molecule has 17 heavy (non-hydrogen) atoms. The van der Waals surface area contributed by atoms with Gasteiger partial charge in [-0.1, -0.05) is 6.92 Å². The Morgan fingerprint density at radius 3 is 2.94 bits per heavy atom. The van der Waals surface area contributed by atoms with Gasteiger partial charge in [0.2, 0.25) is 11.8 Å². The second-order valence-corrected chi connectivity index (χ2v) is 3.97. The molecule has 0 aliphatic carbocycles. The molecule has 0 bridgehead atoms. The summed E-state index contributed by atoms with van der Waals surface area (Å²) in [4.78, 5) is 25.1. The highest BCUT2D eigenvalue weighted by Gasteiger charge is 2.31. The summed E-state index contributed by atoms with van der Waals surface area (Å²) in [6, 6.07) is -0.425. The van der Waals surface area contributed by atoms with Crippen molar-refractivity contribution in [2.24, 2.45) is 0 Å². The summed E-state index contributed by atoms with van der Waals surface area (Å²) in [5.41, 5.74) is 0. The molecule has 6 nitrogen and oxygen atoms in total. The van der Waals surface area contributed by atoms with Gasteiger partial charge in [0, 0.05) is 33.3 Å². The van der Waals surface area contributed by atoms with Gasteiger partial charge < -0.3 is 20.3 Å². The van der Waals surface area contributed by atoms with Crippen molar-refractivity contribution in [1.82, 2.24) is 15.5 Å². The zero-order chi connectivity index (χ0) is 12.7. The molecule has 1 saturated heterocycles. The Hall–Kier alpha value is -1.14. The quantitative estimate of drug-likeness (QED) is 0.605. The summed E-state index contributed by atoms with van der Waals surface area (Å²) in [6.45, 7) is 4.38. The fraction of sp³-hybridized carbons (Fsp3) is 0.818. The van der Waals surface area contributed by atoms with E-state index in [0.717, 1.165) is 6.42 Å². The number of carbonyl (C=O) groups excluding carboxylic acids is 2. The van der Waals surface area contributed by atoms with Crippen LogP contribution in [0.5, 0.6) is 0 Å². The molecule has 2 amide bonds. The van der Waals surface area contributed by atoms with Crippen LogP contribution in [0.15, 0.2) is 0 Å². The van der Waals surface area contributed by atoms with Gasteiger partial charge in [0.25, 0.3) is 0 Å². The van der Waals surface area contributed by atoms with Crippen molar-refractivity contribution in [3.8, 4) is 0 Å². The zero-order valence-corrected chi connectivity index (χ0v) is 10.5. The average Bonchev–Trinajstić information content (AvgIpc) is 2.38. The lowest BCUT2D eigenvalue weighted by Crippen LogP contribution is -2.59. The minimum atomic E-state index is -0.425. The first-order valence-electron chi connectivity index (χ1n) is 6.00. The van der Waals surface area contributed by atoms with Crippen LogP contribution >= 0.6 is 0 Å². The smallest absolute Gasteiger partial charge is 0.249 e. The predicted octanol–water partition coefficient (Wildman–Crippen LogP) is -1.04. The molecule has 0 aromatic carbocycles. The first-order valence-corrected chi connectivity index (χ1v) is 6.00. The maximum atomic E-state index is 11.9. The molecule has 1 rings (SSSR count). The molecule has 1 aliphatic rings. The highest BCUT2D eigenvalue weighted by molar-refractivity contribution is 5.88. The predicted molar refractivity (Wildman–Crippen MR) is 63.5 cm³/mol. The highest BCUT2D eigenvalue weighted by atomic mass is 16.5. The van der Waals surface area contributed by atoms with E-state index in [-0.39, 0.29) is 18.4 Å². The summed E-state index contributed by atoms with van der Waals surface area (Å²) in [7, 11) is 1.58. The fourth-order valence-corrected chi connectivity index (χ4v) is 1.79. The van der Waals surface area contributed by atoms with Crippen molar-refractivity contribution in [3.63, 3.8) is 0 Å². The van der Waals surface area contributed by atoms with Crippen molar-refractivity contribution in [2.45, 2.75) is 19.4 Å². The molecule has 1 fully saturated rings. The van der Waals surface area contributed by atoms with E-state index < -0.39 is 6.04 Å². The Balaban J connectivity index is 2.52. The summed E-state index contributed by atoms with van der Waals surface area (Å²) >= 11 is 0. The lowest BCUT2D eigenvalue weighted by atomic mass is 10.1. The van der Waals surface area contributed by atoms with Crippen LogP contribution in [0.3, 0.4) is 0 Å². The average molecular weight is 243 g/mol. The summed E-state index contributed by atoms with van der Waals surface area (Å²) < 4.78 is 5.22. The molecule has 1 atom stereocenters. The highest BCUT2D eigenvalue weighted by Crippen LogP contribution is 2.04. The van der Waals surface area contributed by atoms with E-state index in [9.17, 15) is 9.59 Å². The molecule has 0 aromatic heterocycles. The second kappa shape index (κ2) is 7.24. The van der Waals surface area contributed by atoms with Crippen molar-refractivity contribution in [1.29, 1.82) is 0 Å². The van der Waals surface area contributed by atoms with Crippen LogP contribution in [0, 0.1) is 0 Å². The Bertz CT molecular complexity index is 271. The standard InChI is InChI=1S/C11H21N3O3/c1-3-6-17-8-10(15)14-5-4-13-7-9(14)11(16)12-2/h9,13H,3-8H2,1-2H3,(H,12,16). The SMILES string of the molecule is CCCOCC(=O)N1CCNCC1C(=O)NC. The molecule has 0 spiro atoms. The molecule has 1 unspecified atom stereocenters. The summed E-state index contributed by atoms with van der Waals surface area (Å²) in [5, 5.41) is 5.68. The Morgan fingerprint density at radius 1 is 1.53 bits per heavy atom. The Labute approximate surface area is 102 Å². The summed E-state index contributed by atoms with van der Waals surface area (Å²) in [6.07, 6.45) is 0.883. The third kappa shape index (κ3) is 3.98. The van der Waals surface area contributed by atoms with Crippen molar-refractivity contribution >= 4 is 11.8 Å². The number of likely N-dealkylation sites (N-methyl/N-ethyl adjacent to an activating group) is 1. The monoisotopic (exact) mass is 243 g/mol. The minimum absolute atomic E-state index is 0.0569. The van der Waals surface area contributed by atoms with E-state index in [1.807, 2.05) is 6.92 Å².